The van der Waals surface area contributed by atoms with Gasteiger partial charge in [0, 0.05) is 6.42 Å². The normalized spacial score (nSPS) is 16.3. The van der Waals surface area contributed by atoms with Gasteiger partial charge in [-0.15, -0.1) is 0 Å². The van der Waals surface area contributed by atoms with Crippen molar-refractivity contribution in [1.29, 1.82) is 0 Å². The number of fused-ring (bicyclic) bond motifs is 1. The van der Waals surface area contributed by atoms with E-state index >= 15 is 0 Å². The molecule has 4 rings (SSSR count). The summed E-state index contributed by atoms with van der Waals surface area (Å²) >= 11 is 0. The number of nitrogens with one attached hydrogen (secondary N) is 2. The minimum atomic E-state index is -0.731. The Morgan fingerprint density at radius 1 is 0.921 bits per heavy atom. The third-order valence-corrected chi connectivity index (χ3v) is 6.99. The lowest BCUT2D eigenvalue weighted by molar-refractivity contribution is -0.130. The average molecular weight is 514 g/mol. The van der Waals surface area contributed by atoms with Crippen LogP contribution in [0.3, 0.4) is 0 Å². The largest absolute Gasteiger partial charge is 0.489 e. The van der Waals surface area contributed by atoms with Gasteiger partial charge >= 0.3 is 0 Å². The number of carbonyl (C=O) groups excluding carboxylic acids is 2. The van der Waals surface area contributed by atoms with Gasteiger partial charge in [-0.3, -0.25) is 9.59 Å². The molecule has 0 saturated heterocycles. The first-order chi connectivity index (χ1) is 18.4. The highest BCUT2D eigenvalue weighted by Crippen LogP contribution is 2.29. The van der Waals surface area contributed by atoms with Crippen LogP contribution in [0.5, 0.6) is 5.75 Å². The lowest BCUT2D eigenvalue weighted by Gasteiger charge is -2.29. The van der Waals surface area contributed by atoms with Crippen LogP contribution in [0.1, 0.15) is 61.4 Å². The number of benzene rings is 3. The molecule has 2 amide bonds. The van der Waals surface area contributed by atoms with Crippen molar-refractivity contribution in [2.45, 2.75) is 70.7 Å². The topological polar surface area (TPSA) is 93.5 Å². The van der Waals surface area contributed by atoms with E-state index in [4.69, 9.17) is 10.5 Å². The fourth-order valence-electron chi connectivity index (χ4n) is 4.98. The Kier molecular flexibility index (Phi) is 9.55. The Balaban J connectivity index is 1.45. The molecule has 3 atom stereocenters. The number of carbonyl (C=O) groups is 2. The second-order valence-corrected chi connectivity index (χ2v) is 10.6. The zero-order chi connectivity index (χ0) is 26.9. The molecule has 3 unspecified atom stereocenters. The van der Waals surface area contributed by atoms with Gasteiger partial charge in [-0.05, 0) is 66.0 Å². The van der Waals surface area contributed by atoms with Gasteiger partial charge in [0.2, 0.25) is 11.8 Å². The number of ether oxygens (including phenoxy) is 1. The van der Waals surface area contributed by atoms with Crippen LogP contribution in [-0.2, 0) is 29.0 Å². The molecule has 200 valence electrons. The molecule has 0 radical (unpaired) electrons. The van der Waals surface area contributed by atoms with E-state index in [9.17, 15) is 9.59 Å². The molecule has 6 nitrogen and oxygen atoms in total. The predicted octanol–water partition coefficient (Wildman–Crippen LogP) is 4.86. The van der Waals surface area contributed by atoms with Crippen molar-refractivity contribution in [2.75, 3.05) is 0 Å². The Morgan fingerprint density at radius 3 is 2.37 bits per heavy atom. The van der Waals surface area contributed by atoms with E-state index in [0.29, 0.717) is 19.4 Å². The number of hydrogen-bond acceptors (Lipinski definition) is 4. The van der Waals surface area contributed by atoms with E-state index < -0.39 is 12.1 Å². The zero-order valence-electron chi connectivity index (χ0n) is 22.4. The van der Waals surface area contributed by atoms with E-state index in [1.807, 2.05) is 80.6 Å². The molecule has 4 N–H and O–H groups in total. The van der Waals surface area contributed by atoms with Gasteiger partial charge < -0.3 is 21.1 Å². The van der Waals surface area contributed by atoms with Gasteiger partial charge in [-0.1, -0.05) is 80.6 Å². The molecule has 38 heavy (non-hydrogen) atoms. The molecule has 6 heteroatoms. The maximum absolute atomic E-state index is 13.5. The number of nitrogens with two attached hydrogens (primary N) is 1. The Hall–Kier alpha value is -3.64. The number of aryl methyl sites for hydroxylation is 1. The molecule has 0 aromatic heterocycles. The first-order valence-corrected chi connectivity index (χ1v) is 13.6. The van der Waals surface area contributed by atoms with Crippen LogP contribution in [0, 0.1) is 5.92 Å². The van der Waals surface area contributed by atoms with Crippen LogP contribution in [0.15, 0.2) is 78.9 Å². The Labute approximate surface area is 226 Å². The van der Waals surface area contributed by atoms with E-state index in [2.05, 4.69) is 22.8 Å². The van der Waals surface area contributed by atoms with Crippen molar-refractivity contribution in [3.05, 3.63) is 101 Å². The fraction of sp³-hybridized carbons (Fsp3) is 0.375. The van der Waals surface area contributed by atoms with E-state index in [0.717, 1.165) is 41.7 Å². The highest BCUT2D eigenvalue weighted by molar-refractivity contribution is 5.90. The van der Waals surface area contributed by atoms with Gasteiger partial charge in [0.15, 0.2) is 0 Å². The van der Waals surface area contributed by atoms with Gasteiger partial charge in [-0.2, -0.15) is 0 Å². The standard InChI is InChI=1S/C32H39N3O3/c1-22(2)19-28(33)31(36)35-30(32(37)34-29-14-8-12-25-11-6-7-13-27(25)29)20-23-15-17-26(18-16-23)38-21-24-9-4-3-5-10-24/h3-7,9-11,13,15-18,22,28-30H,8,12,14,19-21,33H2,1-2H3,(H,34,37)(H,35,36). The summed E-state index contributed by atoms with van der Waals surface area (Å²) < 4.78 is 5.90. The smallest absolute Gasteiger partial charge is 0.243 e. The molecule has 0 spiro atoms. The summed E-state index contributed by atoms with van der Waals surface area (Å²) in [6, 6.07) is 24.5. The fourth-order valence-corrected chi connectivity index (χ4v) is 4.98. The van der Waals surface area contributed by atoms with Crippen LogP contribution in [-0.4, -0.2) is 23.9 Å². The van der Waals surface area contributed by atoms with Crippen LogP contribution >= 0.6 is 0 Å². The minimum absolute atomic E-state index is 0.0649. The molecule has 1 aliphatic rings. The monoisotopic (exact) mass is 513 g/mol. The second kappa shape index (κ2) is 13.2. The lowest BCUT2D eigenvalue weighted by Crippen LogP contribution is -2.53. The lowest BCUT2D eigenvalue weighted by atomic mass is 9.87. The molecule has 1 aliphatic carbocycles. The van der Waals surface area contributed by atoms with Gasteiger partial charge in [0.05, 0.1) is 12.1 Å². The Morgan fingerprint density at radius 2 is 1.63 bits per heavy atom. The molecule has 3 aromatic carbocycles. The van der Waals surface area contributed by atoms with Crippen molar-refractivity contribution in [3.8, 4) is 5.75 Å². The maximum atomic E-state index is 13.5. The van der Waals surface area contributed by atoms with Crippen LogP contribution in [0.25, 0.3) is 0 Å². The van der Waals surface area contributed by atoms with Crippen molar-refractivity contribution in [3.63, 3.8) is 0 Å². The summed E-state index contributed by atoms with van der Waals surface area (Å²) in [5.74, 6) is 0.539. The summed E-state index contributed by atoms with van der Waals surface area (Å²) in [6.07, 6.45) is 3.83. The van der Waals surface area contributed by atoms with Crippen LogP contribution < -0.4 is 21.1 Å². The maximum Gasteiger partial charge on any atom is 0.243 e. The molecular formula is C32H39N3O3. The molecule has 0 fully saturated rings. The predicted molar refractivity (Wildman–Crippen MR) is 151 cm³/mol. The third-order valence-electron chi connectivity index (χ3n) is 6.99. The first-order valence-electron chi connectivity index (χ1n) is 13.6. The van der Waals surface area contributed by atoms with Gasteiger partial charge in [0.25, 0.3) is 0 Å². The molecular weight excluding hydrogens is 474 g/mol. The number of amides is 2. The molecule has 0 saturated carbocycles. The van der Waals surface area contributed by atoms with Crippen molar-refractivity contribution >= 4 is 11.8 Å². The summed E-state index contributed by atoms with van der Waals surface area (Å²) in [6.45, 7) is 4.54. The van der Waals surface area contributed by atoms with E-state index in [1.54, 1.807) is 0 Å². The zero-order valence-corrected chi connectivity index (χ0v) is 22.4. The number of rotatable bonds is 11. The second-order valence-electron chi connectivity index (χ2n) is 10.6. The summed E-state index contributed by atoms with van der Waals surface area (Å²) in [7, 11) is 0. The third kappa shape index (κ3) is 7.68. The van der Waals surface area contributed by atoms with E-state index in [-0.39, 0.29) is 23.8 Å². The Bertz CT molecular complexity index is 1190. The van der Waals surface area contributed by atoms with Gasteiger partial charge in [-0.25, -0.2) is 0 Å². The quantitative estimate of drug-likeness (QED) is 0.341. The molecule has 3 aromatic rings. The summed E-state index contributed by atoms with van der Waals surface area (Å²) in [5, 5.41) is 6.15. The molecule has 0 aliphatic heterocycles. The average Bonchev–Trinajstić information content (AvgIpc) is 2.92. The van der Waals surface area contributed by atoms with Crippen LogP contribution in [0.4, 0.5) is 0 Å². The number of hydrogen-bond donors (Lipinski definition) is 3. The van der Waals surface area contributed by atoms with Crippen molar-refractivity contribution < 1.29 is 14.3 Å². The van der Waals surface area contributed by atoms with Gasteiger partial charge in [0.1, 0.15) is 18.4 Å². The first kappa shape index (κ1) is 27.4. The molecule has 0 bridgehead atoms. The summed E-state index contributed by atoms with van der Waals surface area (Å²) in [5.41, 5.74) is 10.6. The highest BCUT2D eigenvalue weighted by Gasteiger charge is 2.28. The summed E-state index contributed by atoms with van der Waals surface area (Å²) in [4.78, 5) is 26.5. The highest BCUT2D eigenvalue weighted by atomic mass is 16.5. The van der Waals surface area contributed by atoms with E-state index in [1.165, 1.54) is 5.56 Å². The SMILES string of the molecule is CC(C)CC(N)C(=O)NC(Cc1ccc(OCc2ccccc2)cc1)C(=O)NC1CCCc2ccccc21. The van der Waals surface area contributed by atoms with Crippen molar-refractivity contribution in [2.24, 2.45) is 11.7 Å². The minimum Gasteiger partial charge on any atom is -0.489 e. The van der Waals surface area contributed by atoms with Crippen LogP contribution in [0.2, 0.25) is 0 Å². The molecule has 0 heterocycles. The van der Waals surface area contributed by atoms with Crippen molar-refractivity contribution in [1.82, 2.24) is 10.6 Å².